The number of methoxy groups -OCH3 is 1. The van der Waals surface area contributed by atoms with Crippen molar-refractivity contribution in [3.63, 3.8) is 0 Å². The predicted molar refractivity (Wildman–Crippen MR) is 108 cm³/mol. The van der Waals surface area contributed by atoms with Crippen LogP contribution >= 0.6 is 11.8 Å². The minimum atomic E-state index is -0.476. The Morgan fingerprint density at radius 1 is 1.26 bits per heavy atom. The van der Waals surface area contributed by atoms with E-state index in [9.17, 15) is 4.79 Å². The lowest BCUT2D eigenvalue weighted by Crippen LogP contribution is -2.46. The first kappa shape index (κ1) is 17.9. The molecule has 27 heavy (non-hydrogen) atoms. The fraction of sp³-hybridized carbons (Fsp3) is 0.333. The summed E-state index contributed by atoms with van der Waals surface area (Å²) in [4.78, 5) is 19.8. The maximum absolute atomic E-state index is 13.3. The molecule has 2 heterocycles. The van der Waals surface area contributed by atoms with Gasteiger partial charge in [-0.15, -0.1) is 0 Å². The molecule has 2 aromatic carbocycles. The highest BCUT2D eigenvalue weighted by atomic mass is 32.2. The third-order valence-corrected chi connectivity index (χ3v) is 6.00. The van der Waals surface area contributed by atoms with Crippen LogP contribution < -0.4 is 9.47 Å². The van der Waals surface area contributed by atoms with Gasteiger partial charge in [0.1, 0.15) is 11.5 Å². The summed E-state index contributed by atoms with van der Waals surface area (Å²) < 4.78 is 11.1. The van der Waals surface area contributed by atoms with Crippen LogP contribution in [0.1, 0.15) is 18.9 Å². The van der Waals surface area contributed by atoms with Crippen LogP contribution in [0.25, 0.3) is 0 Å². The molecule has 2 aliphatic rings. The van der Waals surface area contributed by atoms with Gasteiger partial charge in [0, 0.05) is 18.2 Å². The van der Waals surface area contributed by atoms with Crippen molar-refractivity contribution in [2.45, 2.75) is 31.9 Å². The van der Waals surface area contributed by atoms with Crippen molar-refractivity contribution >= 4 is 28.5 Å². The summed E-state index contributed by atoms with van der Waals surface area (Å²) >= 11 is 1.63. The number of para-hydroxylation sites is 1. The summed E-state index contributed by atoms with van der Waals surface area (Å²) in [6.07, 6.45) is 1.03. The van der Waals surface area contributed by atoms with E-state index < -0.39 is 6.10 Å². The van der Waals surface area contributed by atoms with E-state index in [1.807, 2.05) is 53.4 Å². The number of benzene rings is 2. The third kappa shape index (κ3) is 3.54. The molecule has 2 aliphatic heterocycles. The predicted octanol–water partition coefficient (Wildman–Crippen LogP) is 4.04. The van der Waals surface area contributed by atoms with Crippen LogP contribution in [0, 0.1) is 0 Å². The number of amidine groups is 1. The summed E-state index contributed by atoms with van der Waals surface area (Å²) in [6, 6.07) is 15.5. The highest BCUT2D eigenvalue weighted by Crippen LogP contribution is 2.34. The van der Waals surface area contributed by atoms with Gasteiger partial charge in [0.25, 0.3) is 5.91 Å². The van der Waals surface area contributed by atoms with Crippen LogP contribution in [0.5, 0.6) is 11.5 Å². The average molecular weight is 382 g/mol. The van der Waals surface area contributed by atoms with Gasteiger partial charge in [-0.2, -0.15) is 0 Å². The number of fused-ring (bicyclic) bond motifs is 1. The first-order valence-corrected chi connectivity index (χ1v) is 10.1. The van der Waals surface area contributed by atoms with Gasteiger partial charge >= 0.3 is 0 Å². The summed E-state index contributed by atoms with van der Waals surface area (Å²) in [6.45, 7) is 2.10. The second-order valence-electron chi connectivity index (χ2n) is 6.59. The standard InChI is InChI=1S/C21H22N2O3S/c1-3-16-13-27-21(22-15-8-10-17(25-2)11-9-15)23(16)20(24)19-12-14-6-4-5-7-18(14)26-19/h4-11,16,19H,3,12-13H2,1-2H3. The molecule has 2 aromatic rings. The zero-order valence-electron chi connectivity index (χ0n) is 15.4. The van der Waals surface area contributed by atoms with Gasteiger partial charge in [-0.1, -0.05) is 36.9 Å². The molecule has 0 saturated carbocycles. The third-order valence-electron chi connectivity index (χ3n) is 4.90. The smallest absolute Gasteiger partial charge is 0.270 e. The topological polar surface area (TPSA) is 51.1 Å². The Bertz CT molecular complexity index is 841. The number of nitrogens with zero attached hydrogens (tertiary/aromatic N) is 2. The van der Waals surface area contributed by atoms with E-state index >= 15 is 0 Å². The summed E-state index contributed by atoms with van der Waals surface area (Å²) in [5, 5.41) is 0.747. The summed E-state index contributed by atoms with van der Waals surface area (Å²) in [5.41, 5.74) is 1.90. The van der Waals surface area contributed by atoms with Crippen LogP contribution in [0.4, 0.5) is 5.69 Å². The minimum absolute atomic E-state index is 0.00434. The SMILES string of the molecule is CCC1CSC(=Nc2ccc(OC)cc2)N1C(=O)C1Cc2ccccc2O1. The van der Waals surface area contributed by atoms with E-state index in [1.165, 1.54) is 0 Å². The number of ether oxygens (including phenoxy) is 2. The van der Waals surface area contributed by atoms with Crippen LogP contribution in [0.15, 0.2) is 53.5 Å². The van der Waals surface area contributed by atoms with E-state index in [-0.39, 0.29) is 11.9 Å². The normalized spacial score (nSPS) is 22.6. The molecule has 2 atom stereocenters. The number of aliphatic imine (C=N–C) groups is 1. The van der Waals surface area contributed by atoms with E-state index in [0.29, 0.717) is 6.42 Å². The maximum Gasteiger partial charge on any atom is 0.270 e. The molecule has 0 radical (unpaired) electrons. The lowest BCUT2D eigenvalue weighted by molar-refractivity contribution is -0.135. The summed E-state index contributed by atoms with van der Waals surface area (Å²) in [7, 11) is 1.64. The van der Waals surface area contributed by atoms with Crippen LogP contribution in [-0.2, 0) is 11.2 Å². The molecule has 1 saturated heterocycles. The molecular weight excluding hydrogens is 360 g/mol. The van der Waals surface area contributed by atoms with Crippen LogP contribution in [0.3, 0.4) is 0 Å². The number of thioether (sulfide) groups is 1. The average Bonchev–Trinajstić information content (AvgIpc) is 3.32. The number of hydrogen-bond donors (Lipinski definition) is 0. The Kier molecular flexibility index (Phi) is 5.07. The van der Waals surface area contributed by atoms with Gasteiger partial charge in [0.2, 0.25) is 0 Å². The fourth-order valence-corrected chi connectivity index (χ4v) is 4.65. The largest absolute Gasteiger partial charge is 0.497 e. The quantitative estimate of drug-likeness (QED) is 0.801. The number of carbonyl (C=O) groups is 1. The molecule has 1 amide bonds. The molecule has 0 spiro atoms. The zero-order valence-corrected chi connectivity index (χ0v) is 16.2. The van der Waals surface area contributed by atoms with Gasteiger partial charge < -0.3 is 9.47 Å². The van der Waals surface area contributed by atoms with Crippen molar-refractivity contribution in [1.82, 2.24) is 4.90 Å². The molecule has 6 heteroatoms. The van der Waals surface area contributed by atoms with Crippen molar-refractivity contribution in [3.8, 4) is 11.5 Å². The van der Waals surface area contributed by atoms with Crippen LogP contribution in [-0.4, -0.2) is 41.0 Å². The second-order valence-corrected chi connectivity index (χ2v) is 7.58. The van der Waals surface area contributed by atoms with Crippen molar-refractivity contribution in [2.75, 3.05) is 12.9 Å². The molecule has 0 aliphatic carbocycles. The zero-order chi connectivity index (χ0) is 18.8. The molecule has 1 fully saturated rings. The van der Waals surface area contributed by atoms with Gasteiger partial charge in [0.05, 0.1) is 12.8 Å². The monoisotopic (exact) mass is 382 g/mol. The number of carbonyl (C=O) groups excluding carboxylic acids is 1. The van der Waals surface area contributed by atoms with E-state index in [1.54, 1.807) is 18.9 Å². The van der Waals surface area contributed by atoms with Gasteiger partial charge in [0.15, 0.2) is 11.3 Å². The molecular formula is C21H22N2O3S. The van der Waals surface area contributed by atoms with E-state index in [4.69, 9.17) is 14.5 Å². The highest BCUT2D eigenvalue weighted by molar-refractivity contribution is 8.14. The lowest BCUT2D eigenvalue weighted by atomic mass is 10.1. The maximum atomic E-state index is 13.3. The lowest BCUT2D eigenvalue weighted by Gasteiger charge is -2.25. The number of amides is 1. The molecule has 140 valence electrons. The number of hydrogen-bond acceptors (Lipinski definition) is 5. The van der Waals surface area contributed by atoms with E-state index in [0.717, 1.165) is 40.1 Å². The Morgan fingerprint density at radius 3 is 2.74 bits per heavy atom. The molecule has 0 N–H and O–H groups in total. The second kappa shape index (κ2) is 7.64. The Labute approximate surface area is 163 Å². The van der Waals surface area contributed by atoms with Gasteiger partial charge in [-0.25, -0.2) is 4.99 Å². The molecule has 2 unspecified atom stereocenters. The fourth-order valence-electron chi connectivity index (χ4n) is 3.37. The van der Waals surface area contributed by atoms with Crippen LogP contribution in [0.2, 0.25) is 0 Å². The van der Waals surface area contributed by atoms with Crippen molar-refractivity contribution in [1.29, 1.82) is 0 Å². The highest BCUT2D eigenvalue weighted by Gasteiger charge is 2.40. The Balaban J connectivity index is 1.57. The van der Waals surface area contributed by atoms with Crippen molar-refractivity contribution in [2.24, 2.45) is 4.99 Å². The van der Waals surface area contributed by atoms with Crippen molar-refractivity contribution < 1.29 is 14.3 Å². The first-order chi connectivity index (χ1) is 13.2. The van der Waals surface area contributed by atoms with Crippen molar-refractivity contribution in [3.05, 3.63) is 54.1 Å². The summed E-state index contributed by atoms with van der Waals surface area (Å²) in [5.74, 6) is 2.45. The Morgan fingerprint density at radius 2 is 2.04 bits per heavy atom. The Hall–Kier alpha value is -2.47. The first-order valence-electron chi connectivity index (χ1n) is 9.12. The van der Waals surface area contributed by atoms with Gasteiger partial charge in [-0.05, 0) is 42.3 Å². The van der Waals surface area contributed by atoms with E-state index in [2.05, 4.69) is 6.92 Å². The molecule has 0 aromatic heterocycles. The molecule has 4 rings (SSSR count). The molecule has 5 nitrogen and oxygen atoms in total. The minimum Gasteiger partial charge on any atom is -0.497 e. The van der Waals surface area contributed by atoms with Gasteiger partial charge in [-0.3, -0.25) is 9.69 Å². The number of rotatable bonds is 4. The molecule has 0 bridgehead atoms.